The SMILES string of the molecule is COc1ccc(NC(=O)[C@H](C2CCCC2)N2CCN(C(=O)COc3ccc(Cl)cc3)CC2)cc1. The van der Waals surface area contributed by atoms with E-state index in [-0.39, 0.29) is 24.5 Å². The lowest BCUT2D eigenvalue weighted by atomic mass is 9.95. The first-order valence-corrected chi connectivity index (χ1v) is 12.3. The first kappa shape index (κ1) is 24.4. The van der Waals surface area contributed by atoms with Crippen molar-refractivity contribution in [2.24, 2.45) is 5.92 Å². The average Bonchev–Trinajstić information content (AvgIpc) is 3.39. The minimum Gasteiger partial charge on any atom is -0.497 e. The zero-order valence-corrected chi connectivity index (χ0v) is 20.3. The summed E-state index contributed by atoms with van der Waals surface area (Å²) < 4.78 is 10.8. The Morgan fingerprint density at radius 3 is 2.21 bits per heavy atom. The van der Waals surface area contributed by atoms with Crippen LogP contribution in [0.1, 0.15) is 25.7 Å². The van der Waals surface area contributed by atoms with Crippen molar-refractivity contribution in [1.29, 1.82) is 0 Å². The number of anilines is 1. The number of ether oxygens (including phenoxy) is 2. The van der Waals surface area contributed by atoms with Crippen molar-refractivity contribution in [2.45, 2.75) is 31.7 Å². The third-order valence-electron chi connectivity index (χ3n) is 6.71. The fourth-order valence-electron chi connectivity index (χ4n) is 4.86. The van der Waals surface area contributed by atoms with Gasteiger partial charge in [-0.05, 0) is 67.3 Å². The molecular formula is C26H32ClN3O4. The average molecular weight is 486 g/mol. The van der Waals surface area contributed by atoms with Gasteiger partial charge in [0.15, 0.2) is 6.61 Å². The minimum atomic E-state index is -0.188. The molecule has 1 aliphatic carbocycles. The molecule has 1 saturated heterocycles. The number of carbonyl (C=O) groups is 2. The summed E-state index contributed by atoms with van der Waals surface area (Å²) in [4.78, 5) is 30.1. The maximum Gasteiger partial charge on any atom is 0.260 e. The summed E-state index contributed by atoms with van der Waals surface area (Å²) in [6.07, 6.45) is 4.46. The summed E-state index contributed by atoms with van der Waals surface area (Å²) >= 11 is 5.89. The number of benzene rings is 2. The molecule has 2 aliphatic rings. The van der Waals surface area contributed by atoms with Crippen LogP contribution in [0, 0.1) is 5.92 Å². The van der Waals surface area contributed by atoms with Gasteiger partial charge in [0.1, 0.15) is 11.5 Å². The van der Waals surface area contributed by atoms with E-state index in [1.54, 1.807) is 31.4 Å². The molecule has 34 heavy (non-hydrogen) atoms. The molecule has 0 aromatic heterocycles. The van der Waals surface area contributed by atoms with Gasteiger partial charge in [-0.25, -0.2) is 0 Å². The second-order valence-corrected chi connectivity index (χ2v) is 9.30. The standard InChI is InChI=1S/C26H32ClN3O4/c1-33-22-12-8-21(9-13-22)28-26(32)25(19-4-2-3-5-19)30-16-14-29(15-17-30)24(31)18-34-23-10-6-20(27)7-11-23/h6-13,19,25H,2-5,14-18H2,1H3,(H,28,32)/t25-/m0/s1. The molecule has 0 radical (unpaired) electrons. The van der Waals surface area contributed by atoms with Crippen LogP contribution in [0.2, 0.25) is 5.02 Å². The number of halogens is 1. The van der Waals surface area contributed by atoms with Gasteiger partial charge in [0.25, 0.3) is 5.91 Å². The van der Waals surface area contributed by atoms with Gasteiger partial charge in [0.2, 0.25) is 5.91 Å². The van der Waals surface area contributed by atoms with Crippen LogP contribution in [0.5, 0.6) is 11.5 Å². The number of nitrogens with zero attached hydrogens (tertiary/aromatic N) is 2. The predicted molar refractivity (Wildman–Crippen MR) is 132 cm³/mol. The van der Waals surface area contributed by atoms with E-state index in [0.717, 1.165) is 37.1 Å². The Morgan fingerprint density at radius 2 is 1.59 bits per heavy atom. The highest BCUT2D eigenvalue weighted by molar-refractivity contribution is 6.30. The van der Waals surface area contributed by atoms with Gasteiger partial charge in [-0.1, -0.05) is 24.4 Å². The zero-order chi connectivity index (χ0) is 23.9. The van der Waals surface area contributed by atoms with Crippen molar-refractivity contribution < 1.29 is 19.1 Å². The quantitative estimate of drug-likeness (QED) is 0.610. The van der Waals surface area contributed by atoms with E-state index < -0.39 is 0 Å². The Morgan fingerprint density at radius 1 is 0.971 bits per heavy atom. The maximum atomic E-state index is 13.4. The lowest BCUT2D eigenvalue weighted by Gasteiger charge is -2.40. The first-order chi connectivity index (χ1) is 16.5. The normalized spacial score (nSPS) is 17.9. The Balaban J connectivity index is 1.33. The van der Waals surface area contributed by atoms with Crippen LogP contribution < -0.4 is 14.8 Å². The van der Waals surface area contributed by atoms with Crippen molar-refractivity contribution in [3.05, 3.63) is 53.6 Å². The molecule has 2 amide bonds. The molecule has 2 fully saturated rings. The predicted octanol–water partition coefficient (Wildman–Crippen LogP) is 4.07. The number of rotatable bonds is 8. The second kappa shape index (κ2) is 11.6. The minimum absolute atomic E-state index is 0.00829. The van der Waals surface area contributed by atoms with Gasteiger partial charge in [-0.2, -0.15) is 0 Å². The number of hydrogen-bond donors (Lipinski definition) is 1. The van der Waals surface area contributed by atoms with Gasteiger partial charge in [0, 0.05) is 36.9 Å². The van der Waals surface area contributed by atoms with E-state index in [4.69, 9.17) is 21.1 Å². The topological polar surface area (TPSA) is 71.1 Å². The van der Waals surface area contributed by atoms with Gasteiger partial charge >= 0.3 is 0 Å². The van der Waals surface area contributed by atoms with Gasteiger partial charge < -0.3 is 19.7 Å². The molecule has 0 spiro atoms. The highest BCUT2D eigenvalue weighted by Gasteiger charge is 2.37. The van der Waals surface area contributed by atoms with Crippen LogP contribution in [0.4, 0.5) is 5.69 Å². The highest BCUT2D eigenvalue weighted by atomic mass is 35.5. The van der Waals surface area contributed by atoms with Gasteiger partial charge in [-0.3, -0.25) is 14.5 Å². The molecule has 1 heterocycles. The van der Waals surface area contributed by atoms with Gasteiger partial charge in [-0.15, -0.1) is 0 Å². The summed E-state index contributed by atoms with van der Waals surface area (Å²) in [6, 6.07) is 14.2. The second-order valence-electron chi connectivity index (χ2n) is 8.87. The lowest BCUT2D eigenvalue weighted by molar-refractivity contribution is -0.136. The van der Waals surface area contributed by atoms with E-state index in [0.29, 0.717) is 42.9 Å². The van der Waals surface area contributed by atoms with Crippen molar-refractivity contribution in [1.82, 2.24) is 9.80 Å². The molecule has 1 saturated carbocycles. The van der Waals surface area contributed by atoms with E-state index >= 15 is 0 Å². The Labute approximate surface area is 206 Å². The molecule has 1 atom stereocenters. The van der Waals surface area contributed by atoms with Crippen molar-refractivity contribution in [3.8, 4) is 11.5 Å². The monoisotopic (exact) mass is 485 g/mol. The molecule has 1 N–H and O–H groups in total. The largest absolute Gasteiger partial charge is 0.497 e. The van der Waals surface area contributed by atoms with Crippen molar-refractivity contribution in [3.63, 3.8) is 0 Å². The third-order valence-corrected chi connectivity index (χ3v) is 6.96. The maximum absolute atomic E-state index is 13.4. The molecule has 1 aliphatic heterocycles. The highest BCUT2D eigenvalue weighted by Crippen LogP contribution is 2.32. The Hall–Kier alpha value is -2.77. The van der Waals surface area contributed by atoms with Crippen LogP contribution in [0.25, 0.3) is 0 Å². The summed E-state index contributed by atoms with van der Waals surface area (Å²) in [7, 11) is 1.62. The molecule has 8 heteroatoms. The third kappa shape index (κ3) is 6.21. The van der Waals surface area contributed by atoms with Gasteiger partial charge in [0.05, 0.1) is 13.2 Å². The molecule has 2 aromatic rings. The first-order valence-electron chi connectivity index (χ1n) is 11.9. The zero-order valence-electron chi connectivity index (χ0n) is 19.5. The van der Waals surface area contributed by atoms with Crippen LogP contribution in [0.3, 0.4) is 0 Å². The summed E-state index contributed by atoms with van der Waals surface area (Å²) in [6.45, 7) is 2.50. The number of piperazine rings is 1. The molecule has 7 nitrogen and oxygen atoms in total. The molecule has 0 unspecified atom stereocenters. The number of amides is 2. The molecule has 2 aromatic carbocycles. The fraction of sp³-hybridized carbons (Fsp3) is 0.462. The van der Waals surface area contributed by atoms with Crippen molar-refractivity contribution >= 4 is 29.1 Å². The summed E-state index contributed by atoms with van der Waals surface area (Å²) in [5, 5.41) is 3.73. The van der Waals surface area contributed by atoms with E-state index in [9.17, 15) is 9.59 Å². The van der Waals surface area contributed by atoms with Crippen LogP contribution in [0.15, 0.2) is 48.5 Å². The number of carbonyl (C=O) groups excluding carboxylic acids is 2. The van der Waals surface area contributed by atoms with Crippen molar-refractivity contribution in [2.75, 3.05) is 45.2 Å². The molecule has 182 valence electrons. The number of nitrogens with one attached hydrogen (secondary N) is 1. The lowest BCUT2D eigenvalue weighted by Crippen LogP contribution is -2.57. The summed E-state index contributed by atoms with van der Waals surface area (Å²) in [5.74, 6) is 1.70. The fourth-order valence-corrected chi connectivity index (χ4v) is 4.98. The smallest absolute Gasteiger partial charge is 0.260 e. The molecule has 0 bridgehead atoms. The molecular weight excluding hydrogens is 454 g/mol. The van der Waals surface area contributed by atoms with Crippen LogP contribution >= 0.6 is 11.6 Å². The van der Waals surface area contributed by atoms with Crippen LogP contribution in [-0.2, 0) is 9.59 Å². The van der Waals surface area contributed by atoms with E-state index in [2.05, 4.69) is 10.2 Å². The Bertz CT molecular complexity index is 953. The number of methoxy groups -OCH3 is 1. The van der Waals surface area contributed by atoms with E-state index in [1.165, 1.54) is 0 Å². The summed E-state index contributed by atoms with van der Waals surface area (Å²) in [5.41, 5.74) is 0.766. The number of hydrogen-bond acceptors (Lipinski definition) is 5. The van der Waals surface area contributed by atoms with E-state index in [1.807, 2.05) is 29.2 Å². The molecule has 4 rings (SSSR count). The van der Waals surface area contributed by atoms with Crippen LogP contribution in [-0.4, -0.2) is 67.6 Å². The Kier molecular flexibility index (Phi) is 8.29.